The van der Waals surface area contributed by atoms with E-state index >= 15 is 0 Å². The summed E-state index contributed by atoms with van der Waals surface area (Å²) < 4.78 is 4.64. The molecule has 1 aromatic rings. The molecule has 1 N–H and O–H groups in total. The predicted octanol–water partition coefficient (Wildman–Crippen LogP) is 1.47. The van der Waals surface area contributed by atoms with Gasteiger partial charge in [-0.1, -0.05) is 17.7 Å². The lowest BCUT2D eigenvalue weighted by molar-refractivity contribution is -0.385. The summed E-state index contributed by atoms with van der Waals surface area (Å²) in [5.74, 6) is -1.07. The number of benzene rings is 1. The van der Waals surface area contributed by atoms with Gasteiger partial charge in [0.05, 0.1) is 18.0 Å². The van der Waals surface area contributed by atoms with Crippen molar-refractivity contribution in [2.45, 2.75) is 13.3 Å². The summed E-state index contributed by atoms with van der Waals surface area (Å²) in [6, 6.07) is 4.04. The van der Waals surface area contributed by atoms with Gasteiger partial charge in [0.2, 0.25) is 5.91 Å². The van der Waals surface area contributed by atoms with Crippen molar-refractivity contribution in [1.29, 1.82) is 0 Å². The number of nitrogens with one attached hydrogen (secondary N) is 1. The molecule has 0 aliphatic rings. The summed E-state index contributed by atoms with van der Waals surface area (Å²) in [5, 5.41) is 13.4. The second-order valence-corrected chi connectivity index (χ2v) is 4.23. The number of carbonyl (C=O) groups excluding carboxylic acids is 2. The highest BCUT2D eigenvalue weighted by molar-refractivity contribution is 6.30. The Morgan fingerprint density at radius 2 is 2.15 bits per heavy atom. The van der Waals surface area contributed by atoms with Crippen LogP contribution in [0.3, 0.4) is 0 Å². The van der Waals surface area contributed by atoms with Crippen molar-refractivity contribution in [2.75, 3.05) is 13.2 Å². The van der Waals surface area contributed by atoms with Gasteiger partial charge in [-0.2, -0.15) is 0 Å². The summed E-state index contributed by atoms with van der Waals surface area (Å²) in [5.41, 5.74) is -0.00968. The van der Waals surface area contributed by atoms with Crippen LogP contribution in [-0.2, 0) is 20.7 Å². The zero-order chi connectivity index (χ0) is 15.1. The number of rotatable bonds is 6. The Hall–Kier alpha value is -2.15. The standard InChI is InChI=1S/C12H13ClN2O5/c1-2-20-12(17)7-14-11(16)5-8-3-4-9(13)6-10(8)15(18)19/h3-4,6H,2,5,7H2,1H3,(H,14,16). The van der Waals surface area contributed by atoms with Gasteiger partial charge in [-0.3, -0.25) is 19.7 Å². The van der Waals surface area contributed by atoms with Crippen molar-refractivity contribution in [2.24, 2.45) is 0 Å². The molecule has 8 heteroatoms. The quantitative estimate of drug-likeness (QED) is 0.487. The van der Waals surface area contributed by atoms with E-state index in [-0.39, 0.29) is 35.8 Å². The first-order chi connectivity index (χ1) is 9.43. The molecule has 0 aliphatic carbocycles. The fourth-order valence-electron chi connectivity index (χ4n) is 1.47. The molecule has 108 valence electrons. The lowest BCUT2D eigenvalue weighted by Crippen LogP contribution is -2.31. The lowest BCUT2D eigenvalue weighted by atomic mass is 10.1. The van der Waals surface area contributed by atoms with Gasteiger partial charge in [0.25, 0.3) is 5.69 Å². The van der Waals surface area contributed by atoms with Crippen LogP contribution >= 0.6 is 11.6 Å². The fourth-order valence-corrected chi connectivity index (χ4v) is 1.64. The van der Waals surface area contributed by atoms with Crippen LogP contribution in [0.15, 0.2) is 18.2 Å². The molecule has 1 aromatic carbocycles. The molecule has 0 radical (unpaired) electrons. The largest absolute Gasteiger partial charge is 0.465 e. The average molecular weight is 301 g/mol. The third-order valence-electron chi connectivity index (χ3n) is 2.33. The zero-order valence-electron chi connectivity index (χ0n) is 10.7. The highest BCUT2D eigenvalue weighted by atomic mass is 35.5. The molecule has 20 heavy (non-hydrogen) atoms. The van der Waals surface area contributed by atoms with Gasteiger partial charge in [-0.15, -0.1) is 0 Å². The highest BCUT2D eigenvalue weighted by Crippen LogP contribution is 2.23. The Bertz CT molecular complexity index is 533. The van der Waals surface area contributed by atoms with E-state index in [2.05, 4.69) is 10.1 Å². The van der Waals surface area contributed by atoms with E-state index < -0.39 is 16.8 Å². The molecule has 0 bridgehead atoms. The maximum absolute atomic E-state index is 11.6. The van der Waals surface area contributed by atoms with Crippen LogP contribution in [-0.4, -0.2) is 30.0 Å². The van der Waals surface area contributed by atoms with Crippen molar-refractivity contribution < 1.29 is 19.2 Å². The van der Waals surface area contributed by atoms with Crippen LogP contribution in [0.5, 0.6) is 0 Å². The molecule has 0 atom stereocenters. The summed E-state index contributed by atoms with van der Waals surface area (Å²) in [6.07, 6.45) is -0.215. The van der Waals surface area contributed by atoms with E-state index in [0.29, 0.717) is 0 Å². The normalized spacial score (nSPS) is 9.90. The lowest BCUT2D eigenvalue weighted by Gasteiger charge is -2.06. The molecule has 0 fully saturated rings. The number of carbonyl (C=O) groups is 2. The first kappa shape index (κ1) is 15.9. The number of nitro benzene ring substituents is 1. The zero-order valence-corrected chi connectivity index (χ0v) is 11.5. The maximum Gasteiger partial charge on any atom is 0.325 e. The van der Waals surface area contributed by atoms with Crippen LogP contribution in [0, 0.1) is 10.1 Å². The van der Waals surface area contributed by atoms with Crippen LogP contribution < -0.4 is 5.32 Å². The second-order valence-electron chi connectivity index (χ2n) is 3.79. The number of ether oxygens (including phenoxy) is 1. The number of esters is 1. The summed E-state index contributed by atoms with van der Waals surface area (Å²) in [6.45, 7) is 1.60. The number of amides is 1. The number of hydrogen-bond donors (Lipinski definition) is 1. The molecule has 1 rings (SSSR count). The first-order valence-corrected chi connectivity index (χ1v) is 6.17. The van der Waals surface area contributed by atoms with E-state index in [1.165, 1.54) is 18.2 Å². The molecule has 7 nitrogen and oxygen atoms in total. The molecular formula is C12H13ClN2O5. The molecule has 0 saturated carbocycles. The van der Waals surface area contributed by atoms with Crippen LogP contribution in [0.25, 0.3) is 0 Å². The van der Waals surface area contributed by atoms with E-state index in [0.717, 1.165) is 0 Å². The number of hydrogen-bond acceptors (Lipinski definition) is 5. The van der Waals surface area contributed by atoms with Gasteiger partial charge in [-0.25, -0.2) is 0 Å². The Morgan fingerprint density at radius 3 is 2.75 bits per heavy atom. The van der Waals surface area contributed by atoms with Crippen molar-refractivity contribution in [3.8, 4) is 0 Å². The van der Waals surface area contributed by atoms with Crippen molar-refractivity contribution >= 4 is 29.2 Å². The third kappa shape index (κ3) is 4.85. The Labute approximate surface area is 120 Å². The highest BCUT2D eigenvalue weighted by Gasteiger charge is 2.17. The molecule has 0 aromatic heterocycles. The monoisotopic (exact) mass is 300 g/mol. The molecule has 1 amide bonds. The smallest absolute Gasteiger partial charge is 0.325 e. The van der Waals surface area contributed by atoms with Crippen molar-refractivity contribution in [1.82, 2.24) is 5.32 Å². The van der Waals surface area contributed by atoms with Gasteiger partial charge in [0.1, 0.15) is 6.54 Å². The van der Waals surface area contributed by atoms with Crippen LogP contribution in [0.2, 0.25) is 5.02 Å². The second kappa shape index (κ2) is 7.44. The van der Waals surface area contributed by atoms with Gasteiger partial charge < -0.3 is 10.1 Å². The Balaban J connectivity index is 2.66. The molecule has 0 saturated heterocycles. The first-order valence-electron chi connectivity index (χ1n) is 5.79. The maximum atomic E-state index is 11.6. The van der Waals surface area contributed by atoms with E-state index in [4.69, 9.17) is 11.6 Å². The molecular weight excluding hydrogens is 288 g/mol. The SMILES string of the molecule is CCOC(=O)CNC(=O)Cc1ccc(Cl)cc1[N+](=O)[O-]. The Kier molecular flexibility index (Phi) is 5.92. The van der Waals surface area contributed by atoms with Crippen molar-refractivity contribution in [3.05, 3.63) is 38.9 Å². The number of nitrogens with zero attached hydrogens (tertiary/aromatic N) is 1. The van der Waals surface area contributed by atoms with Gasteiger partial charge in [-0.05, 0) is 13.0 Å². The topological polar surface area (TPSA) is 98.5 Å². The van der Waals surface area contributed by atoms with Gasteiger partial charge in [0, 0.05) is 16.7 Å². The fraction of sp³-hybridized carbons (Fsp3) is 0.333. The molecule has 0 aliphatic heterocycles. The molecule has 0 heterocycles. The average Bonchev–Trinajstić information content (AvgIpc) is 2.38. The minimum atomic E-state index is -0.611. The minimum absolute atomic E-state index is 0.215. The Morgan fingerprint density at radius 1 is 1.45 bits per heavy atom. The van der Waals surface area contributed by atoms with E-state index in [1.807, 2.05) is 0 Å². The van der Waals surface area contributed by atoms with Crippen molar-refractivity contribution in [3.63, 3.8) is 0 Å². The summed E-state index contributed by atoms with van der Waals surface area (Å²) >= 11 is 5.67. The minimum Gasteiger partial charge on any atom is -0.465 e. The van der Waals surface area contributed by atoms with E-state index in [9.17, 15) is 19.7 Å². The number of halogens is 1. The summed E-state index contributed by atoms with van der Waals surface area (Å²) in [4.78, 5) is 32.9. The van der Waals surface area contributed by atoms with Gasteiger partial charge >= 0.3 is 5.97 Å². The number of nitro groups is 1. The van der Waals surface area contributed by atoms with Crippen LogP contribution in [0.4, 0.5) is 5.69 Å². The van der Waals surface area contributed by atoms with Crippen LogP contribution in [0.1, 0.15) is 12.5 Å². The third-order valence-corrected chi connectivity index (χ3v) is 2.57. The van der Waals surface area contributed by atoms with E-state index in [1.54, 1.807) is 6.92 Å². The predicted molar refractivity (Wildman–Crippen MR) is 71.5 cm³/mol. The van der Waals surface area contributed by atoms with Gasteiger partial charge in [0.15, 0.2) is 0 Å². The molecule has 0 spiro atoms. The summed E-state index contributed by atoms with van der Waals surface area (Å²) in [7, 11) is 0. The molecule has 0 unspecified atom stereocenters.